The topological polar surface area (TPSA) is 53.6 Å². The Kier molecular flexibility index (Phi) is 2.94. The van der Waals surface area contributed by atoms with Crippen molar-refractivity contribution < 1.29 is 17.6 Å². The highest BCUT2D eigenvalue weighted by Gasteiger charge is 2.20. The zero-order valence-electron chi connectivity index (χ0n) is 8.27. The van der Waals surface area contributed by atoms with Crippen molar-refractivity contribution in [1.29, 1.82) is 0 Å². The Balaban J connectivity index is 2.26. The highest BCUT2D eigenvalue weighted by atomic mass is 19.2. The first-order valence-electron chi connectivity index (χ1n) is 4.51. The maximum atomic E-state index is 13.1. The van der Waals surface area contributed by atoms with Crippen LogP contribution in [-0.4, -0.2) is 15.2 Å². The SMILES string of the molecule is Fc1nc(F)c(F)c(NCc2ccn[nH]2)c1F. The molecule has 0 unspecified atom stereocenters. The fraction of sp³-hybridized carbons (Fsp3) is 0.111. The molecule has 17 heavy (non-hydrogen) atoms. The van der Waals surface area contributed by atoms with Crippen LogP contribution < -0.4 is 5.32 Å². The molecule has 4 nitrogen and oxygen atoms in total. The van der Waals surface area contributed by atoms with E-state index in [0.29, 0.717) is 5.69 Å². The molecule has 0 aliphatic rings. The van der Waals surface area contributed by atoms with E-state index in [2.05, 4.69) is 20.5 Å². The van der Waals surface area contributed by atoms with E-state index in [1.807, 2.05) is 0 Å². The molecule has 2 heterocycles. The van der Waals surface area contributed by atoms with Gasteiger partial charge in [0.25, 0.3) is 11.9 Å². The van der Waals surface area contributed by atoms with Crippen molar-refractivity contribution in [3.63, 3.8) is 0 Å². The van der Waals surface area contributed by atoms with Crippen molar-refractivity contribution in [1.82, 2.24) is 15.2 Å². The van der Waals surface area contributed by atoms with E-state index in [9.17, 15) is 17.6 Å². The summed E-state index contributed by atoms with van der Waals surface area (Å²) in [4.78, 5) is 2.43. The summed E-state index contributed by atoms with van der Waals surface area (Å²) in [5.74, 6) is -6.53. The van der Waals surface area contributed by atoms with Gasteiger partial charge >= 0.3 is 0 Å². The van der Waals surface area contributed by atoms with Gasteiger partial charge in [0.15, 0.2) is 0 Å². The lowest BCUT2D eigenvalue weighted by molar-refractivity contribution is 0.410. The third kappa shape index (κ3) is 2.19. The number of nitrogens with zero attached hydrogens (tertiary/aromatic N) is 2. The predicted molar refractivity (Wildman–Crippen MR) is 50.0 cm³/mol. The number of H-pyrrole nitrogens is 1. The van der Waals surface area contributed by atoms with Gasteiger partial charge in [0.05, 0.1) is 12.2 Å². The number of halogens is 4. The molecule has 0 bridgehead atoms. The summed E-state index contributed by atoms with van der Waals surface area (Å²) >= 11 is 0. The molecule has 0 aromatic carbocycles. The van der Waals surface area contributed by atoms with Gasteiger partial charge in [-0.05, 0) is 6.07 Å². The summed E-state index contributed by atoms with van der Waals surface area (Å²) in [7, 11) is 0. The number of hydrogen-bond acceptors (Lipinski definition) is 3. The number of aromatic nitrogens is 3. The van der Waals surface area contributed by atoms with E-state index < -0.39 is 29.2 Å². The highest BCUT2D eigenvalue weighted by Crippen LogP contribution is 2.22. The van der Waals surface area contributed by atoms with Crippen LogP contribution in [0.4, 0.5) is 23.2 Å². The molecule has 0 radical (unpaired) electrons. The number of nitrogens with one attached hydrogen (secondary N) is 2. The van der Waals surface area contributed by atoms with Crippen LogP contribution in [-0.2, 0) is 6.54 Å². The van der Waals surface area contributed by atoms with Crippen LogP contribution in [0.3, 0.4) is 0 Å². The minimum atomic E-state index is -1.70. The van der Waals surface area contributed by atoms with Gasteiger partial charge in [-0.25, -0.2) is 0 Å². The van der Waals surface area contributed by atoms with E-state index in [0.717, 1.165) is 0 Å². The maximum Gasteiger partial charge on any atom is 0.253 e. The van der Waals surface area contributed by atoms with E-state index in [1.165, 1.54) is 12.3 Å². The first-order chi connectivity index (χ1) is 8.09. The lowest BCUT2D eigenvalue weighted by Crippen LogP contribution is -2.09. The summed E-state index contributed by atoms with van der Waals surface area (Å²) in [6.45, 7) is -0.0588. The summed E-state index contributed by atoms with van der Waals surface area (Å²) in [6.07, 6.45) is 1.43. The molecule has 0 amide bonds. The lowest BCUT2D eigenvalue weighted by atomic mass is 10.3. The normalized spacial score (nSPS) is 10.6. The Labute approximate surface area is 92.7 Å². The zero-order valence-corrected chi connectivity index (χ0v) is 8.27. The average molecular weight is 246 g/mol. The van der Waals surface area contributed by atoms with Crippen molar-refractivity contribution >= 4 is 5.69 Å². The molecular formula is C9H6F4N4. The van der Waals surface area contributed by atoms with Crippen molar-refractivity contribution in [3.05, 3.63) is 41.5 Å². The summed E-state index contributed by atoms with van der Waals surface area (Å²) in [5, 5.41) is 8.34. The maximum absolute atomic E-state index is 13.1. The molecule has 0 aliphatic heterocycles. The Morgan fingerprint density at radius 1 is 1.12 bits per heavy atom. The molecule has 8 heteroatoms. The van der Waals surface area contributed by atoms with Crippen molar-refractivity contribution in [2.45, 2.75) is 6.54 Å². The number of hydrogen-bond donors (Lipinski definition) is 2. The molecule has 0 aliphatic carbocycles. The van der Waals surface area contributed by atoms with Gasteiger partial charge in [0.2, 0.25) is 11.6 Å². The molecule has 2 aromatic rings. The largest absolute Gasteiger partial charge is 0.374 e. The molecule has 0 spiro atoms. The standard InChI is InChI=1S/C9H6F4N4/c10-5-7(6(11)9(13)16-8(5)12)14-3-4-1-2-15-17-4/h1-2H,3H2,(H,14,16)(H,15,17). The van der Waals surface area contributed by atoms with E-state index in [4.69, 9.17) is 0 Å². The smallest absolute Gasteiger partial charge is 0.253 e. The van der Waals surface area contributed by atoms with Crippen LogP contribution in [0.25, 0.3) is 0 Å². The van der Waals surface area contributed by atoms with Gasteiger partial charge in [-0.3, -0.25) is 5.10 Å². The molecule has 0 atom stereocenters. The first-order valence-corrected chi connectivity index (χ1v) is 4.51. The number of rotatable bonds is 3. The van der Waals surface area contributed by atoms with Crippen LogP contribution >= 0.6 is 0 Å². The molecule has 90 valence electrons. The van der Waals surface area contributed by atoms with Gasteiger partial charge in [0.1, 0.15) is 5.69 Å². The first kappa shape index (κ1) is 11.4. The fourth-order valence-corrected chi connectivity index (χ4v) is 1.21. The summed E-state index contributed by atoms with van der Waals surface area (Å²) in [6, 6.07) is 1.54. The quantitative estimate of drug-likeness (QED) is 0.643. The third-order valence-electron chi connectivity index (χ3n) is 2.01. The molecule has 0 fully saturated rings. The van der Waals surface area contributed by atoms with Crippen LogP contribution in [0.5, 0.6) is 0 Å². The highest BCUT2D eigenvalue weighted by molar-refractivity contribution is 5.45. The monoisotopic (exact) mass is 246 g/mol. The van der Waals surface area contributed by atoms with Crippen LogP contribution in [0.2, 0.25) is 0 Å². The van der Waals surface area contributed by atoms with Crippen LogP contribution in [0.15, 0.2) is 12.3 Å². The summed E-state index contributed by atoms with van der Waals surface area (Å²) in [5.41, 5.74) is -0.397. The minimum Gasteiger partial charge on any atom is -0.374 e. The Bertz CT molecular complexity index is 500. The second-order valence-corrected chi connectivity index (χ2v) is 3.13. The zero-order chi connectivity index (χ0) is 12.4. The number of anilines is 1. The van der Waals surface area contributed by atoms with E-state index in [1.54, 1.807) is 0 Å². The molecular weight excluding hydrogens is 240 g/mol. The second-order valence-electron chi connectivity index (χ2n) is 3.13. The fourth-order valence-electron chi connectivity index (χ4n) is 1.21. The average Bonchev–Trinajstić information content (AvgIpc) is 2.79. The van der Waals surface area contributed by atoms with Gasteiger partial charge in [-0.1, -0.05) is 0 Å². The van der Waals surface area contributed by atoms with Gasteiger partial charge in [-0.15, -0.1) is 0 Å². The number of aromatic amines is 1. The van der Waals surface area contributed by atoms with Crippen LogP contribution in [0, 0.1) is 23.5 Å². The molecule has 0 saturated carbocycles. The Hall–Kier alpha value is -2.12. The predicted octanol–water partition coefficient (Wildman–Crippen LogP) is 1.97. The van der Waals surface area contributed by atoms with Gasteiger partial charge in [-0.2, -0.15) is 27.6 Å². The lowest BCUT2D eigenvalue weighted by Gasteiger charge is -2.07. The van der Waals surface area contributed by atoms with E-state index in [-0.39, 0.29) is 6.54 Å². The molecule has 2 N–H and O–H groups in total. The van der Waals surface area contributed by atoms with Gasteiger partial charge in [0, 0.05) is 6.20 Å². The van der Waals surface area contributed by atoms with Crippen molar-refractivity contribution in [2.24, 2.45) is 0 Å². The van der Waals surface area contributed by atoms with Crippen molar-refractivity contribution in [2.75, 3.05) is 5.32 Å². The third-order valence-corrected chi connectivity index (χ3v) is 2.01. The Morgan fingerprint density at radius 2 is 1.76 bits per heavy atom. The van der Waals surface area contributed by atoms with E-state index >= 15 is 0 Å². The van der Waals surface area contributed by atoms with Crippen LogP contribution in [0.1, 0.15) is 5.69 Å². The molecule has 2 aromatic heterocycles. The Morgan fingerprint density at radius 3 is 2.29 bits per heavy atom. The summed E-state index contributed by atoms with van der Waals surface area (Å²) < 4.78 is 51.7. The minimum absolute atomic E-state index is 0.0588. The molecule has 0 saturated heterocycles. The van der Waals surface area contributed by atoms with Gasteiger partial charge < -0.3 is 5.32 Å². The van der Waals surface area contributed by atoms with Crippen molar-refractivity contribution in [3.8, 4) is 0 Å². The molecule has 2 rings (SSSR count). The number of pyridine rings is 1. The second kappa shape index (κ2) is 4.40.